The Morgan fingerprint density at radius 2 is 2.00 bits per heavy atom. The van der Waals surface area contributed by atoms with Crippen LogP contribution in [-0.4, -0.2) is 46.2 Å². The van der Waals surface area contributed by atoms with Crippen molar-refractivity contribution in [1.82, 2.24) is 14.4 Å². The molecule has 3 heterocycles. The highest BCUT2D eigenvalue weighted by Gasteiger charge is 2.51. The number of likely N-dealkylation sites (N-methyl/N-ethyl adjacent to an activating group) is 2. The normalized spacial score (nSPS) is 20.8. The number of nitrogens with zero attached hydrogens (tertiary/aromatic N) is 5. The molecule has 1 saturated heterocycles. The number of hydrogen-bond donors (Lipinski definition) is 0. The number of hydrogen-bond acceptors (Lipinski definition) is 3. The summed E-state index contributed by atoms with van der Waals surface area (Å²) >= 11 is 0. The van der Waals surface area contributed by atoms with Crippen LogP contribution in [0.2, 0.25) is 0 Å². The lowest BCUT2D eigenvalue weighted by Gasteiger charge is -2.30. The quantitative estimate of drug-likeness (QED) is 0.779. The van der Waals surface area contributed by atoms with Gasteiger partial charge in [0.2, 0.25) is 11.9 Å². The molecule has 0 N–H and O–H groups in total. The van der Waals surface area contributed by atoms with E-state index in [1.807, 2.05) is 17.7 Å². The number of imidazole rings is 1. The number of aromatic nitrogens is 2. The Labute approximate surface area is 123 Å². The number of rotatable bonds is 3. The summed E-state index contributed by atoms with van der Waals surface area (Å²) < 4.78 is 3.99. The first-order valence-electron chi connectivity index (χ1n) is 7.22. The third-order valence-corrected chi connectivity index (χ3v) is 4.18. The van der Waals surface area contributed by atoms with Crippen LogP contribution in [0.1, 0.15) is 31.5 Å². The maximum atomic E-state index is 12.4. The van der Waals surface area contributed by atoms with Crippen LogP contribution in [0, 0.1) is 6.92 Å². The third kappa shape index (κ3) is 1.80. The fourth-order valence-corrected chi connectivity index (χ4v) is 2.90. The van der Waals surface area contributed by atoms with Gasteiger partial charge >= 0.3 is 12.0 Å². The summed E-state index contributed by atoms with van der Waals surface area (Å²) in [5.74, 6) is 1.04. The number of aliphatic imine (C=N–C) groups is 1. The molecule has 0 spiro atoms. The highest BCUT2D eigenvalue weighted by molar-refractivity contribution is 6.18. The largest absolute Gasteiger partial charge is 0.401 e. The Morgan fingerprint density at radius 3 is 2.67 bits per heavy atom. The van der Waals surface area contributed by atoms with E-state index in [0.717, 1.165) is 35.9 Å². The first kappa shape index (κ1) is 13.8. The highest BCUT2D eigenvalue weighted by Crippen LogP contribution is 2.28. The van der Waals surface area contributed by atoms with Gasteiger partial charge in [0.25, 0.3) is 5.91 Å². The summed E-state index contributed by atoms with van der Waals surface area (Å²) in [4.78, 5) is 31.6. The predicted octanol–water partition coefficient (Wildman–Crippen LogP) is 0.993. The van der Waals surface area contributed by atoms with Crippen LogP contribution in [0.3, 0.4) is 0 Å². The zero-order valence-corrected chi connectivity index (χ0v) is 12.8. The van der Waals surface area contributed by atoms with Crippen LogP contribution >= 0.6 is 0 Å². The molecule has 3 rings (SSSR count). The predicted molar refractivity (Wildman–Crippen MR) is 76.3 cm³/mol. The van der Waals surface area contributed by atoms with Gasteiger partial charge in [-0.15, -0.1) is 0 Å². The summed E-state index contributed by atoms with van der Waals surface area (Å²) in [7, 11) is 3.17. The second-order valence-electron chi connectivity index (χ2n) is 5.59. The molecule has 0 saturated carbocycles. The van der Waals surface area contributed by atoms with Gasteiger partial charge in [0, 0.05) is 14.1 Å². The average Bonchev–Trinajstić information content (AvgIpc) is 2.96. The summed E-state index contributed by atoms with van der Waals surface area (Å²) in [6, 6.07) is -0.855. The lowest BCUT2D eigenvalue weighted by Crippen LogP contribution is -2.61. The highest BCUT2D eigenvalue weighted by atomic mass is 16.2. The van der Waals surface area contributed by atoms with Crippen molar-refractivity contribution in [3.05, 3.63) is 11.9 Å². The Bertz CT molecular complexity index is 661. The minimum Gasteiger partial charge on any atom is -0.270 e. The number of fused-ring (bicyclic) bond motifs is 3. The fourth-order valence-electron chi connectivity index (χ4n) is 2.90. The van der Waals surface area contributed by atoms with Crippen LogP contribution < -0.4 is 4.57 Å². The maximum Gasteiger partial charge on any atom is 0.401 e. The van der Waals surface area contributed by atoms with Crippen LogP contribution in [-0.2, 0) is 11.3 Å². The molecule has 1 atom stereocenters. The Kier molecular flexibility index (Phi) is 3.07. The Balaban J connectivity index is 2.08. The van der Waals surface area contributed by atoms with E-state index in [-0.39, 0.29) is 11.9 Å². The van der Waals surface area contributed by atoms with E-state index in [4.69, 9.17) is 0 Å². The zero-order valence-electron chi connectivity index (χ0n) is 12.8. The number of imide groups is 1. The van der Waals surface area contributed by atoms with Crippen LogP contribution in [0.25, 0.3) is 0 Å². The van der Waals surface area contributed by atoms with Crippen LogP contribution in [0.5, 0.6) is 0 Å². The lowest BCUT2D eigenvalue weighted by atomic mass is 10.2. The van der Waals surface area contributed by atoms with Crippen molar-refractivity contribution < 1.29 is 14.2 Å². The van der Waals surface area contributed by atoms with Gasteiger partial charge < -0.3 is 0 Å². The number of unbranched alkanes of at least 4 members (excludes halogenated alkanes) is 1. The van der Waals surface area contributed by atoms with Gasteiger partial charge in [0.05, 0.1) is 6.54 Å². The zero-order chi connectivity index (χ0) is 15.3. The molecular formula is C14H20N5O2+. The summed E-state index contributed by atoms with van der Waals surface area (Å²) in [6.45, 7) is 5.03. The molecule has 3 amide bonds. The first-order valence-corrected chi connectivity index (χ1v) is 7.22. The second-order valence-corrected chi connectivity index (χ2v) is 5.59. The lowest BCUT2D eigenvalue weighted by molar-refractivity contribution is -0.677. The van der Waals surface area contributed by atoms with Crippen LogP contribution in [0.15, 0.2) is 11.2 Å². The van der Waals surface area contributed by atoms with Gasteiger partial charge in [-0.1, -0.05) is 18.3 Å². The van der Waals surface area contributed by atoms with Gasteiger partial charge in [-0.2, -0.15) is 0 Å². The molecule has 1 aromatic rings. The van der Waals surface area contributed by atoms with Crippen molar-refractivity contribution in [1.29, 1.82) is 0 Å². The molecule has 112 valence electrons. The molecule has 0 radical (unpaired) electrons. The molecule has 7 nitrogen and oxygen atoms in total. The van der Waals surface area contributed by atoms with Crippen LogP contribution in [0.4, 0.5) is 10.7 Å². The number of amides is 3. The molecule has 1 unspecified atom stereocenters. The third-order valence-electron chi connectivity index (χ3n) is 4.18. The second kappa shape index (κ2) is 4.68. The van der Waals surface area contributed by atoms with E-state index < -0.39 is 6.04 Å². The van der Waals surface area contributed by atoms with Gasteiger partial charge in [0.1, 0.15) is 11.9 Å². The molecule has 0 aromatic carbocycles. The first-order chi connectivity index (χ1) is 9.97. The number of urea groups is 1. The molecular weight excluding hydrogens is 270 g/mol. The van der Waals surface area contributed by atoms with Crippen molar-refractivity contribution in [3.8, 4) is 0 Å². The Hall–Kier alpha value is -2.18. The standard InChI is InChI=1S/C14H20N5O2/c1-5-6-7-18-9(2)8-19-10-11(15-13(18)19)16(3)14(21)17(4)12(10)20/h8,10H,5-7H2,1-4H3/q+1. The van der Waals surface area contributed by atoms with Crippen molar-refractivity contribution in [2.75, 3.05) is 14.1 Å². The Morgan fingerprint density at radius 1 is 1.29 bits per heavy atom. The van der Waals surface area contributed by atoms with Gasteiger partial charge in [-0.3, -0.25) is 14.6 Å². The molecule has 0 bridgehead atoms. The smallest absolute Gasteiger partial charge is 0.270 e. The fraction of sp³-hybridized carbons (Fsp3) is 0.571. The van der Waals surface area contributed by atoms with E-state index >= 15 is 0 Å². The molecule has 1 aromatic heterocycles. The van der Waals surface area contributed by atoms with E-state index in [0.29, 0.717) is 5.84 Å². The minimum atomic E-state index is -0.519. The topological polar surface area (TPSA) is 61.8 Å². The van der Waals surface area contributed by atoms with Gasteiger partial charge in [-0.05, 0) is 13.3 Å². The monoisotopic (exact) mass is 290 g/mol. The van der Waals surface area contributed by atoms with Crippen molar-refractivity contribution >= 4 is 23.7 Å². The number of aryl methyl sites for hydroxylation is 1. The van der Waals surface area contributed by atoms with Gasteiger partial charge in [-0.25, -0.2) is 13.9 Å². The van der Waals surface area contributed by atoms with E-state index in [1.54, 1.807) is 7.05 Å². The van der Waals surface area contributed by atoms with Gasteiger partial charge in [0.15, 0.2) is 0 Å². The summed E-state index contributed by atoms with van der Waals surface area (Å²) in [5, 5.41) is 0. The number of amidine groups is 1. The average molecular weight is 290 g/mol. The molecule has 0 aliphatic carbocycles. The molecule has 2 aliphatic heterocycles. The molecule has 2 aliphatic rings. The summed E-state index contributed by atoms with van der Waals surface area (Å²) in [5.41, 5.74) is 1.08. The minimum absolute atomic E-state index is 0.228. The van der Waals surface area contributed by atoms with Crippen molar-refractivity contribution in [2.45, 2.75) is 39.3 Å². The summed E-state index contributed by atoms with van der Waals surface area (Å²) in [6.07, 6.45) is 4.10. The van der Waals surface area contributed by atoms with Crippen molar-refractivity contribution in [3.63, 3.8) is 0 Å². The van der Waals surface area contributed by atoms with Crippen molar-refractivity contribution in [2.24, 2.45) is 4.99 Å². The molecule has 1 fully saturated rings. The number of carbonyl (C=O) groups excluding carboxylic acids is 2. The van der Waals surface area contributed by atoms with E-state index in [1.165, 1.54) is 11.9 Å². The molecule has 21 heavy (non-hydrogen) atoms. The molecule has 7 heteroatoms. The number of carbonyl (C=O) groups is 2. The SMILES string of the molecule is CCCCn1c(C)c[n+]2c1N=C1C2C(=O)N(C)C(=O)N1C. The maximum absolute atomic E-state index is 12.4. The van der Waals surface area contributed by atoms with E-state index in [2.05, 4.69) is 16.5 Å². The van der Waals surface area contributed by atoms with E-state index in [9.17, 15) is 9.59 Å².